The van der Waals surface area contributed by atoms with Gasteiger partial charge in [0.05, 0.1) is 12.7 Å². The van der Waals surface area contributed by atoms with Crippen LogP contribution in [-0.4, -0.2) is 57.6 Å². The van der Waals surface area contributed by atoms with Crippen molar-refractivity contribution in [2.75, 3.05) is 46.2 Å². The summed E-state index contributed by atoms with van der Waals surface area (Å²) in [4.78, 5) is 25.0. The molecule has 2 N–H and O–H groups in total. The fourth-order valence-corrected chi connectivity index (χ4v) is 1.70. The molecule has 0 unspecified atom stereocenters. The first kappa shape index (κ1) is 17.0. The summed E-state index contributed by atoms with van der Waals surface area (Å²) >= 11 is 0. The fraction of sp³-hybridized carbons (Fsp3) is 0.467. The van der Waals surface area contributed by atoms with Crippen LogP contribution in [0.2, 0.25) is 0 Å². The van der Waals surface area contributed by atoms with E-state index in [9.17, 15) is 9.59 Å². The third-order valence-corrected chi connectivity index (χ3v) is 2.85. The quantitative estimate of drug-likeness (QED) is 0.698. The summed E-state index contributed by atoms with van der Waals surface area (Å²) in [5, 5.41) is 5.96. The highest BCUT2D eigenvalue weighted by atomic mass is 16.5. The summed E-state index contributed by atoms with van der Waals surface area (Å²) in [6, 6.07) is 7.00. The molecule has 1 aromatic rings. The van der Waals surface area contributed by atoms with E-state index in [4.69, 9.17) is 0 Å². The number of carbonyl (C=O) groups excluding carboxylic acids is 2. The second-order valence-electron chi connectivity index (χ2n) is 4.90. The van der Waals surface area contributed by atoms with Gasteiger partial charge in [-0.25, -0.2) is 4.79 Å². The van der Waals surface area contributed by atoms with Gasteiger partial charge in [-0.05, 0) is 32.3 Å². The predicted molar refractivity (Wildman–Crippen MR) is 82.5 cm³/mol. The van der Waals surface area contributed by atoms with Gasteiger partial charge < -0.3 is 20.3 Å². The Kier molecular flexibility index (Phi) is 7.25. The van der Waals surface area contributed by atoms with E-state index in [1.165, 1.54) is 7.11 Å². The molecular weight excluding hydrogens is 270 g/mol. The Hall–Kier alpha value is -2.08. The highest BCUT2D eigenvalue weighted by Gasteiger charge is 2.06. The van der Waals surface area contributed by atoms with Gasteiger partial charge in [0.25, 0.3) is 0 Å². The number of anilines is 1. The van der Waals surface area contributed by atoms with Crippen LogP contribution in [0.15, 0.2) is 24.3 Å². The lowest BCUT2D eigenvalue weighted by Gasteiger charge is -2.11. The van der Waals surface area contributed by atoms with E-state index in [2.05, 4.69) is 15.4 Å². The molecule has 0 heterocycles. The molecule has 0 saturated heterocycles. The number of rotatable bonds is 8. The molecule has 0 aromatic heterocycles. The van der Waals surface area contributed by atoms with Gasteiger partial charge in [0.1, 0.15) is 0 Å². The predicted octanol–water partition coefficient (Wildman–Crippen LogP) is 0.953. The topological polar surface area (TPSA) is 70.7 Å². The van der Waals surface area contributed by atoms with Crippen molar-refractivity contribution in [2.45, 2.75) is 6.42 Å². The van der Waals surface area contributed by atoms with E-state index in [0.29, 0.717) is 25.1 Å². The molecule has 1 aromatic carbocycles. The SMILES string of the molecule is COC(=O)c1cccc(NCCC(=O)NCCN(C)C)c1. The molecule has 1 rings (SSSR count). The van der Waals surface area contributed by atoms with Gasteiger partial charge in [0.15, 0.2) is 0 Å². The van der Waals surface area contributed by atoms with Crippen LogP contribution in [0.5, 0.6) is 0 Å². The Balaban J connectivity index is 2.32. The van der Waals surface area contributed by atoms with Crippen molar-refractivity contribution in [1.29, 1.82) is 0 Å². The first-order valence-electron chi connectivity index (χ1n) is 6.86. The molecular formula is C15H23N3O3. The summed E-state index contributed by atoms with van der Waals surface area (Å²) < 4.78 is 4.66. The molecule has 6 nitrogen and oxygen atoms in total. The first-order valence-corrected chi connectivity index (χ1v) is 6.86. The molecule has 1 amide bonds. The third kappa shape index (κ3) is 6.76. The van der Waals surface area contributed by atoms with E-state index in [1.54, 1.807) is 18.2 Å². The Bertz CT molecular complexity index is 475. The van der Waals surface area contributed by atoms with Gasteiger partial charge in [-0.2, -0.15) is 0 Å². The van der Waals surface area contributed by atoms with Gasteiger partial charge >= 0.3 is 5.97 Å². The second kappa shape index (κ2) is 8.97. The highest BCUT2D eigenvalue weighted by Crippen LogP contribution is 2.11. The van der Waals surface area contributed by atoms with Crippen molar-refractivity contribution in [3.05, 3.63) is 29.8 Å². The smallest absolute Gasteiger partial charge is 0.337 e. The summed E-state index contributed by atoms with van der Waals surface area (Å²) in [5.41, 5.74) is 1.27. The lowest BCUT2D eigenvalue weighted by molar-refractivity contribution is -0.120. The van der Waals surface area contributed by atoms with Crippen LogP contribution >= 0.6 is 0 Å². The van der Waals surface area contributed by atoms with Crippen LogP contribution in [-0.2, 0) is 9.53 Å². The van der Waals surface area contributed by atoms with Gasteiger partial charge in [-0.1, -0.05) is 6.07 Å². The van der Waals surface area contributed by atoms with E-state index in [1.807, 2.05) is 25.1 Å². The Morgan fingerprint density at radius 2 is 2.00 bits per heavy atom. The average Bonchev–Trinajstić information content (AvgIpc) is 2.46. The monoisotopic (exact) mass is 293 g/mol. The van der Waals surface area contributed by atoms with E-state index in [0.717, 1.165) is 12.2 Å². The molecule has 0 aliphatic heterocycles. The van der Waals surface area contributed by atoms with Gasteiger partial charge in [-0.3, -0.25) is 4.79 Å². The number of carbonyl (C=O) groups is 2. The number of hydrogen-bond acceptors (Lipinski definition) is 5. The van der Waals surface area contributed by atoms with Crippen LogP contribution in [0.3, 0.4) is 0 Å². The van der Waals surface area contributed by atoms with Crippen LogP contribution in [0, 0.1) is 0 Å². The molecule has 21 heavy (non-hydrogen) atoms. The minimum Gasteiger partial charge on any atom is -0.465 e. The molecule has 0 aliphatic rings. The minimum absolute atomic E-state index is 0.00784. The average molecular weight is 293 g/mol. The first-order chi connectivity index (χ1) is 10.0. The number of likely N-dealkylation sites (N-methyl/N-ethyl adjacent to an activating group) is 1. The molecule has 0 saturated carbocycles. The Labute approximate surface area is 125 Å². The maximum absolute atomic E-state index is 11.6. The zero-order valence-corrected chi connectivity index (χ0v) is 12.8. The number of hydrogen-bond donors (Lipinski definition) is 2. The van der Waals surface area contributed by atoms with E-state index in [-0.39, 0.29) is 11.9 Å². The van der Waals surface area contributed by atoms with Crippen molar-refractivity contribution in [3.8, 4) is 0 Å². The number of ether oxygens (including phenoxy) is 1. The van der Waals surface area contributed by atoms with Crippen LogP contribution in [0.25, 0.3) is 0 Å². The standard InChI is InChI=1S/C15H23N3O3/c1-18(2)10-9-17-14(19)7-8-16-13-6-4-5-12(11-13)15(20)21-3/h4-6,11,16H,7-10H2,1-3H3,(H,17,19). The number of amides is 1. The molecule has 0 radical (unpaired) electrons. The molecule has 0 atom stereocenters. The van der Waals surface area contributed by atoms with Crippen molar-refractivity contribution in [1.82, 2.24) is 10.2 Å². The number of esters is 1. The third-order valence-electron chi connectivity index (χ3n) is 2.85. The number of methoxy groups -OCH3 is 1. The van der Waals surface area contributed by atoms with Crippen molar-refractivity contribution >= 4 is 17.6 Å². The molecule has 0 aliphatic carbocycles. The zero-order chi connectivity index (χ0) is 15.7. The second-order valence-corrected chi connectivity index (χ2v) is 4.90. The van der Waals surface area contributed by atoms with E-state index < -0.39 is 0 Å². The number of nitrogens with one attached hydrogen (secondary N) is 2. The lowest BCUT2D eigenvalue weighted by atomic mass is 10.2. The van der Waals surface area contributed by atoms with E-state index >= 15 is 0 Å². The molecule has 0 fully saturated rings. The van der Waals surface area contributed by atoms with Gasteiger partial charge in [0, 0.05) is 31.7 Å². The highest BCUT2D eigenvalue weighted by molar-refractivity contribution is 5.90. The van der Waals surface area contributed by atoms with Crippen LogP contribution in [0.1, 0.15) is 16.8 Å². The summed E-state index contributed by atoms with van der Waals surface area (Å²) in [6.07, 6.45) is 0.385. The van der Waals surface area contributed by atoms with Crippen molar-refractivity contribution in [2.24, 2.45) is 0 Å². The maximum Gasteiger partial charge on any atom is 0.337 e. The Morgan fingerprint density at radius 3 is 2.67 bits per heavy atom. The van der Waals surface area contributed by atoms with Gasteiger partial charge in [-0.15, -0.1) is 0 Å². The van der Waals surface area contributed by atoms with Crippen LogP contribution < -0.4 is 10.6 Å². The normalized spacial score (nSPS) is 10.3. The fourth-order valence-electron chi connectivity index (χ4n) is 1.70. The van der Waals surface area contributed by atoms with Gasteiger partial charge in [0.2, 0.25) is 5.91 Å². The summed E-state index contributed by atoms with van der Waals surface area (Å²) in [7, 11) is 5.27. The molecule has 116 valence electrons. The van der Waals surface area contributed by atoms with Crippen molar-refractivity contribution < 1.29 is 14.3 Å². The summed E-state index contributed by atoms with van der Waals surface area (Å²) in [6.45, 7) is 1.97. The zero-order valence-electron chi connectivity index (χ0n) is 12.8. The lowest BCUT2D eigenvalue weighted by Crippen LogP contribution is -2.32. The van der Waals surface area contributed by atoms with Crippen LogP contribution in [0.4, 0.5) is 5.69 Å². The molecule has 0 bridgehead atoms. The number of benzene rings is 1. The Morgan fingerprint density at radius 1 is 1.24 bits per heavy atom. The number of nitrogens with zero attached hydrogens (tertiary/aromatic N) is 1. The largest absolute Gasteiger partial charge is 0.465 e. The summed E-state index contributed by atoms with van der Waals surface area (Å²) in [5.74, 6) is -0.367. The molecule has 0 spiro atoms. The van der Waals surface area contributed by atoms with Crippen molar-refractivity contribution in [3.63, 3.8) is 0 Å². The molecule has 6 heteroatoms. The minimum atomic E-state index is -0.375. The maximum atomic E-state index is 11.6.